The molecule has 0 saturated carbocycles. The molecule has 94 valence electrons. The van der Waals surface area contributed by atoms with Crippen molar-refractivity contribution in [1.82, 2.24) is 0 Å². The fourth-order valence-corrected chi connectivity index (χ4v) is 2.68. The SMILES string of the molecule is NCC(Nc1cccc(Br)c1)C1CCOCC1. The minimum Gasteiger partial charge on any atom is -0.381 e. The highest BCUT2D eigenvalue weighted by molar-refractivity contribution is 9.10. The summed E-state index contributed by atoms with van der Waals surface area (Å²) >= 11 is 3.48. The minimum absolute atomic E-state index is 0.341. The van der Waals surface area contributed by atoms with Gasteiger partial charge in [-0.2, -0.15) is 0 Å². The second-order valence-corrected chi connectivity index (χ2v) is 5.36. The van der Waals surface area contributed by atoms with Gasteiger partial charge >= 0.3 is 0 Å². The van der Waals surface area contributed by atoms with Gasteiger partial charge in [0.05, 0.1) is 0 Å². The molecule has 1 aromatic carbocycles. The third-order valence-corrected chi connectivity index (χ3v) is 3.76. The predicted molar refractivity (Wildman–Crippen MR) is 74.2 cm³/mol. The van der Waals surface area contributed by atoms with Gasteiger partial charge in [0, 0.05) is 36.0 Å². The largest absolute Gasteiger partial charge is 0.381 e. The van der Waals surface area contributed by atoms with E-state index >= 15 is 0 Å². The molecule has 1 saturated heterocycles. The van der Waals surface area contributed by atoms with Gasteiger partial charge in [-0.25, -0.2) is 0 Å². The maximum atomic E-state index is 5.87. The van der Waals surface area contributed by atoms with E-state index in [4.69, 9.17) is 10.5 Å². The number of nitrogens with one attached hydrogen (secondary N) is 1. The molecule has 1 aromatic rings. The number of ether oxygens (including phenoxy) is 1. The number of hydrogen-bond acceptors (Lipinski definition) is 3. The van der Waals surface area contributed by atoms with Crippen molar-refractivity contribution in [1.29, 1.82) is 0 Å². The molecule has 4 heteroatoms. The number of anilines is 1. The zero-order valence-electron chi connectivity index (χ0n) is 9.86. The third-order valence-electron chi connectivity index (χ3n) is 3.27. The van der Waals surface area contributed by atoms with Crippen LogP contribution >= 0.6 is 15.9 Å². The van der Waals surface area contributed by atoms with Gasteiger partial charge in [0.1, 0.15) is 0 Å². The fraction of sp³-hybridized carbons (Fsp3) is 0.538. The van der Waals surface area contributed by atoms with Crippen molar-refractivity contribution in [3.63, 3.8) is 0 Å². The lowest BCUT2D eigenvalue weighted by Crippen LogP contribution is -2.39. The van der Waals surface area contributed by atoms with E-state index in [9.17, 15) is 0 Å². The van der Waals surface area contributed by atoms with Crippen LogP contribution in [0, 0.1) is 5.92 Å². The molecular weight excluding hydrogens is 280 g/mol. The zero-order valence-corrected chi connectivity index (χ0v) is 11.4. The Labute approximate surface area is 111 Å². The molecule has 0 aliphatic carbocycles. The first-order valence-electron chi connectivity index (χ1n) is 6.09. The van der Waals surface area contributed by atoms with E-state index in [1.165, 1.54) is 0 Å². The Morgan fingerprint density at radius 2 is 2.18 bits per heavy atom. The van der Waals surface area contributed by atoms with Crippen LogP contribution in [0.5, 0.6) is 0 Å². The van der Waals surface area contributed by atoms with Crippen molar-refractivity contribution in [3.05, 3.63) is 28.7 Å². The second kappa shape index (κ2) is 6.38. The van der Waals surface area contributed by atoms with Crippen molar-refractivity contribution < 1.29 is 4.74 Å². The molecular formula is C13H19BrN2O. The van der Waals surface area contributed by atoms with Gasteiger partial charge in [-0.15, -0.1) is 0 Å². The Kier molecular flexibility index (Phi) is 4.83. The Balaban J connectivity index is 1.98. The maximum Gasteiger partial charge on any atom is 0.0469 e. The summed E-state index contributed by atoms with van der Waals surface area (Å²) in [7, 11) is 0. The van der Waals surface area contributed by atoms with Crippen LogP contribution in [0.15, 0.2) is 28.7 Å². The maximum absolute atomic E-state index is 5.87. The van der Waals surface area contributed by atoms with Crippen LogP contribution in [-0.4, -0.2) is 25.8 Å². The van der Waals surface area contributed by atoms with Crippen LogP contribution in [0.25, 0.3) is 0 Å². The average molecular weight is 299 g/mol. The van der Waals surface area contributed by atoms with Gasteiger partial charge in [0.2, 0.25) is 0 Å². The summed E-state index contributed by atoms with van der Waals surface area (Å²) in [5.41, 5.74) is 7.00. The number of hydrogen-bond donors (Lipinski definition) is 2. The van der Waals surface area contributed by atoms with E-state index in [1.807, 2.05) is 12.1 Å². The van der Waals surface area contributed by atoms with E-state index < -0.39 is 0 Å². The van der Waals surface area contributed by atoms with Gasteiger partial charge in [-0.3, -0.25) is 0 Å². The Bertz CT molecular complexity index is 353. The molecule has 2 rings (SSSR count). The van der Waals surface area contributed by atoms with E-state index in [-0.39, 0.29) is 0 Å². The molecule has 1 aliphatic rings. The van der Waals surface area contributed by atoms with Crippen LogP contribution in [0.1, 0.15) is 12.8 Å². The lowest BCUT2D eigenvalue weighted by molar-refractivity contribution is 0.0614. The molecule has 17 heavy (non-hydrogen) atoms. The molecule has 1 fully saturated rings. The molecule has 0 radical (unpaired) electrons. The van der Waals surface area contributed by atoms with Crippen molar-refractivity contribution in [2.45, 2.75) is 18.9 Å². The minimum atomic E-state index is 0.341. The smallest absolute Gasteiger partial charge is 0.0469 e. The highest BCUT2D eigenvalue weighted by Crippen LogP contribution is 2.23. The highest BCUT2D eigenvalue weighted by atomic mass is 79.9. The molecule has 1 heterocycles. The first-order chi connectivity index (χ1) is 8.29. The van der Waals surface area contributed by atoms with E-state index in [0.29, 0.717) is 18.5 Å². The quantitative estimate of drug-likeness (QED) is 0.898. The van der Waals surface area contributed by atoms with E-state index in [2.05, 4.69) is 33.4 Å². The Hall–Kier alpha value is -0.580. The number of rotatable bonds is 4. The zero-order chi connectivity index (χ0) is 12.1. The van der Waals surface area contributed by atoms with Crippen LogP contribution < -0.4 is 11.1 Å². The summed E-state index contributed by atoms with van der Waals surface area (Å²) in [5, 5.41) is 3.53. The molecule has 0 aromatic heterocycles. The van der Waals surface area contributed by atoms with Crippen LogP contribution in [-0.2, 0) is 4.74 Å². The summed E-state index contributed by atoms with van der Waals surface area (Å²) < 4.78 is 6.48. The van der Waals surface area contributed by atoms with Crippen molar-refractivity contribution in [2.24, 2.45) is 11.7 Å². The molecule has 0 bridgehead atoms. The number of nitrogens with two attached hydrogens (primary N) is 1. The van der Waals surface area contributed by atoms with Gasteiger partial charge in [-0.05, 0) is 37.0 Å². The summed E-state index contributed by atoms with van der Waals surface area (Å²) in [4.78, 5) is 0. The topological polar surface area (TPSA) is 47.3 Å². The number of halogens is 1. The molecule has 3 nitrogen and oxygen atoms in total. The first-order valence-corrected chi connectivity index (χ1v) is 6.89. The van der Waals surface area contributed by atoms with Gasteiger partial charge in [0.25, 0.3) is 0 Å². The van der Waals surface area contributed by atoms with Crippen LogP contribution in [0.2, 0.25) is 0 Å². The standard InChI is InChI=1S/C13H19BrN2O/c14-11-2-1-3-12(8-11)16-13(9-15)10-4-6-17-7-5-10/h1-3,8,10,13,16H,4-7,9,15H2. The highest BCUT2D eigenvalue weighted by Gasteiger charge is 2.22. The van der Waals surface area contributed by atoms with Crippen LogP contribution in [0.3, 0.4) is 0 Å². The lowest BCUT2D eigenvalue weighted by Gasteiger charge is -2.30. The summed E-state index contributed by atoms with van der Waals surface area (Å²) in [6, 6.07) is 8.56. The molecule has 3 N–H and O–H groups in total. The molecule has 1 unspecified atom stereocenters. The molecule has 1 aliphatic heterocycles. The summed E-state index contributed by atoms with van der Waals surface area (Å²) in [5.74, 6) is 0.618. The van der Waals surface area contributed by atoms with E-state index in [0.717, 1.165) is 36.2 Å². The Morgan fingerprint density at radius 3 is 2.82 bits per heavy atom. The first kappa shape index (κ1) is 12.9. The summed E-state index contributed by atoms with van der Waals surface area (Å²) in [6.45, 7) is 2.39. The monoisotopic (exact) mass is 298 g/mol. The van der Waals surface area contributed by atoms with Gasteiger partial charge < -0.3 is 15.8 Å². The molecule has 0 amide bonds. The molecule has 0 spiro atoms. The Morgan fingerprint density at radius 1 is 1.41 bits per heavy atom. The van der Waals surface area contributed by atoms with E-state index in [1.54, 1.807) is 0 Å². The third kappa shape index (κ3) is 3.69. The lowest BCUT2D eigenvalue weighted by atomic mass is 9.91. The average Bonchev–Trinajstić information content (AvgIpc) is 2.37. The van der Waals surface area contributed by atoms with Gasteiger partial charge in [-0.1, -0.05) is 22.0 Å². The summed E-state index contributed by atoms with van der Waals surface area (Å²) in [6.07, 6.45) is 2.20. The normalized spacial score (nSPS) is 18.9. The van der Waals surface area contributed by atoms with Crippen LogP contribution in [0.4, 0.5) is 5.69 Å². The van der Waals surface area contributed by atoms with Gasteiger partial charge in [0.15, 0.2) is 0 Å². The van der Waals surface area contributed by atoms with Crippen molar-refractivity contribution in [3.8, 4) is 0 Å². The van der Waals surface area contributed by atoms with Crippen molar-refractivity contribution in [2.75, 3.05) is 25.1 Å². The molecule has 1 atom stereocenters. The predicted octanol–water partition coefficient (Wildman–Crippen LogP) is 2.61. The fourth-order valence-electron chi connectivity index (χ4n) is 2.28. The second-order valence-electron chi connectivity index (χ2n) is 4.45. The number of benzene rings is 1. The van der Waals surface area contributed by atoms with Crippen molar-refractivity contribution >= 4 is 21.6 Å².